The van der Waals surface area contributed by atoms with Crippen LogP contribution in [-0.2, 0) is 9.59 Å². The molecule has 0 spiro atoms. The number of rotatable bonds is 2. The molecule has 3 rings (SSSR count). The fourth-order valence-corrected chi connectivity index (χ4v) is 2.25. The molecule has 0 aliphatic carbocycles. The van der Waals surface area contributed by atoms with Gasteiger partial charge in [0.1, 0.15) is 5.82 Å². The second-order valence-corrected chi connectivity index (χ2v) is 4.75. The molecular formula is C13H14N4O2. The van der Waals surface area contributed by atoms with Gasteiger partial charge >= 0.3 is 0 Å². The van der Waals surface area contributed by atoms with Crippen LogP contribution in [0.15, 0.2) is 18.2 Å². The Bertz CT molecular complexity index is 662. The molecule has 2 amide bonds. The van der Waals surface area contributed by atoms with Gasteiger partial charge in [0, 0.05) is 18.7 Å². The molecule has 1 aromatic heterocycles. The molecule has 6 heteroatoms. The summed E-state index contributed by atoms with van der Waals surface area (Å²) >= 11 is 0. The van der Waals surface area contributed by atoms with Gasteiger partial charge in [0.05, 0.1) is 17.0 Å². The van der Waals surface area contributed by atoms with E-state index in [1.807, 2.05) is 25.1 Å². The molecular weight excluding hydrogens is 244 g/mol. The van der Waals surface area contributed by atoms with Crippen molar-refractivity contribution in [2.75, 3.05) is 11.9 Å². The largest absolute Gasteiger partial charge is 0.355 e. The summed E-state index contributed by atoms with van der Waals surface area (Å²) in [6.45, 7) is 2.30. The van der Waals surface area contributed by atoms with Crippen LogP contribution < -0.4 is 10.6 Å². The molecule has 6 nitrogen and oxygen atoms in total. The van der Waals surface area contributed by atoms with Crippen molar-refractivity contribution in [3.05, 3.63) is 24.0 Å². The predicted molar refractivity (Wildman–Crippen MR) is 70.6 cm³/mol. The zero-order chi connectivity index (χ0) is 13.4. The third-order valence-corrected chi connectivity index (χ3v) is 3.22. The smallest absolute Gasteiger partial charge is 0.229 e. The van der Waals surface area contributed by atoms with E-state index in [0.29, 0.717) is 12.2 Å². The number of nitrogens with zero attached hydrogens (tertiary/aromatic N) is 1. The number of fused-ring (bicyclic) bond motifs is 1. The van der Waals surface area contributed by atoms with E-state index in [1.54, 1.807) is 0 Å². The van der Waals surface area contributed by atoms with E-state index < -0.39 is 0 Å². The van der Waals surface area contributed by atoms with Crippen molar-refractivity contribution in [2.24, 2.45) is 5.92 Å². The van der Waals surface area contributed by atoms with E-state index in [0.717, 1.165) is 16.9 Å². The highest BCUT2D eigenvalue weighted by Crippen LogP contribution is 2.19. The average molecular weight is 258 g/mol. The number of benzene rings is 1. The monoisotopic (exact) mass is 258 g/mol. The first-order valence-electron chi connectivity index (χ1n) is 6.16. The lowest BCUT2D eigenvalue weighted by Crippen LogP contribution is -2.24. The van der Waals surface area contributed by atoms with Gasteiger partial charge in [-0.25, -0.2) is 4.98 Å². The molecule has 0 radical (unpaired) electrons. The zero-order valence-corrected chi connectivity index (χ0v) is 10.5. The van der Waals surface area contributed by atoms with Crippen LogP contribution in [0.5, 0.6) is 0 Å². The molecule has 1 fully saturated rings. The number of carbonyl (C=O) groups is 2. The zero-order valence-electron chi connectivity index (χ0n) is 10.5. The van der Waals surface area contributed by atoms with Crippen LogP contribution in [0, 0.1) is 12.8 Å². The molecule has 19 heavy (non-hydrogen) atoms. The Morgan fingerprint density at radius 3 is 3.05 bits per heavy atom. The topological polar surface area (TPSA) is 86.9 Å². The number of aryl methyl sites for hydroxylation is 1. The van der Waals surface area contributed by atoms with Gasteiger partial charge < -0.3 is 15.6 Å². The summed E-state index contributed by atoms with van der Waals surface area (Å²) in [5.41, 5.74) is 2.46. The minimum absolute atomic E-state index is 0.0696. The van der Waals surface area contributed by atoms with Crippen LogP contribution in [0.25, 0.3) is 11.0 Å². The molecule has 2 heterocycles. The standard InChI is InChI=1S/C13H14N4O2/c1-7-15-10-3-2-9(5-11(10)16-7)17-13(19)8-4-12(18)14-6-8/h2-3,5,8H,4,6H2,1H3,(H,14,18)(H,15,16)(H,17,19). The van der Waals surface area contributed by atoms with Crippen LogP contribution in [0.3, 0.4) is 0 Å². The molecule has 3 N–H and O–H groups in total. The predicted octanol–water partition coefficient (Wildman–Crippen LogP) is 0.946. The number of nitrogens with one attached hydrogen (secondary N) is 3. The Morgan fingerprint density at radius 1 is 1.47 bits per heavy atom. The fourth-order valence-electron chi connectivity index (χ4n) is 2.25. The third-order valence-electron chi connectivity index (χ3n) is 3.22. The van der Waals surface area contributed by atoms with Crippen LogP contribution in [0.4, 0.5) is 5.69 Å². The van der Waals surface area contributed by atoms with Gasteiger partial charge in [-0.1, -0.05) is 0 Å². The van der Waals surface area contributed by atoms with Gasteiger partial charge in [-0.15, -0.1) is 0 Å². The molecule has 0 saturated carbocycles. The lowest BCUT2D eigenvalue weighted by Gasteiger charge is -2.08. The first kappa shape index (κ1) is 11.7. The molecule has 1 aromatic carbocycles. The van der Waals surface area contributed by atoms with Gasteiger partial charge in [0.25, 0.3) is 0 Å². The normalized spacial score (nSPS) is 18.6. The summed E-state index contributed by atoms with van der Waals surface area (Å²) in [6, 6.07) is 5.51. The minimum atomic E-state index is -0.285. The number of H-pyrrole nitrogens is 1. The molecule has 1 atom stereocenters. The fraction of sp³-hybridized carbons (Fsp3) is 0.308. The first-order valence-corrected chi connectivity index (χ1v) is 6.16. The van der Waals surface area contributed by atoms with Crippen molar-refractivity contribution in [3.63, 3.8) is 0 Å². The number of imidazole rings is 1. The maximum atomic E-state index is 12.0. The van der Waals surface area contributed by atoms with E-state index in [9.17, 15) is 9.59 Å². The van der Waals surface area contributed by atoms with Crippen molar-refractivity contribution in [2.45, 2.75) is 13.3 Å². The van der Waals surface area contributed by atoms with Gasteiger partial charge in [-0.2, -0.15) is 0 Å². The Balaban J connectivity index is 1.77. The van der Waals surface area contributed by atoms with E-state index in [2.05, 4.69) is 20.6 Å². The van der Waals surface area contributed by atoms with Gasteiger partial charge in [0.2, 0.25) is 11.8 Å². The van der Waals surface area contributed by atoms with Crippen LogP contribution in [0.2, 0.25) is 0 Å². The maximum Gasteiger partial charge on any atom is 0.229 e. The Hall–Kier alpha value is -2.37. The number of hydrogen-bond donors (Lipinski definition) is 3. The number of anilines is 1. The lowest BCUT2D eigenvalue weighted by atomic mass is 10.1. The molecule has 1 aliphatic rings. The lowest BCUT2D eigenvalue weighted by molar-refractivity contribution is -0.123. The number of carbonyl (C=O) groups excluding carboxylic acids is 2. The van der Waals surface area contributed by atoms with E-state index in [1.165, 1.54) is 0 Å². The second kappa shape index (κ2) is 4.38. The number of amides is 2. The van der Waals surface area contributed by atoms with E-state index in [4.69, 9.17) is 0 Å². The van der Waals surface area contributed by atoms with Crippen LogP contribution in [0.1, 0.15) is 12.2 Å². The van der Waals surface area contributed by atoms with Crippen molar-refractivity contribution >= 4 is 28.5 Å². The van der Waals surface area contributed by atoms with Crippen molar-refractivity contribution < 1.29 is 9.59 Å². The Kier molecular flexibility index (Phi) is 2.70. The Labute approximate surface area is 109 Å². The van der Waals surface area contributed by atoms with Crippen molar-refractivity contribution in [1.82, 2.24) is 15.3 Å². The summed E-state index contributed by atoms with van der Waals surface area (Å²) in [5.74, 6) is 0.351. The van der Waals surface area contributed by atoms with E-state index >= 15 is 0 Å². The summed E-state index contributed by atoms with van der Waals surface area (Å²) < 4.78 is 0. The quantitative estimate of drug-likeness (QED) is 0.749. The highest BCUT2D eigenvalue weighted by atomic mass is 16.2. The molecule has 0 bridgehead atoms. The summed E-state index contributed by atoms with van der Waals surface area (Å²) in [4.78, 5) is 30.5. The highest BCUT2D eigenvalue weighted by molar-refractivity contribution is 5.98. The Morgan fingerprint density at radius 2 is 2.32 bits per heavy atom. The number of aromatic amines is 1. The van der Waals surface area contributed by atoms with Gasteiger partial charge in [0.15, 0.2) is 0 Å². The highest BCUT2D eigenvalue weighted by Gasteiger charge is 2.27. The van der Waals surface area contributed by atoms with Crippen LogP contribution in [-0.4, -0.2) is 28.3 Å². The molecule has 1 saturated heterocycles. The van der Waals surface area contributed by atoms with Crippen molar-refractivity contribution in [1.29, 1.82) is 0 Å². The van der Waals surface area contributed by atoms with Gasteiger partial charge in [-0.05, 0) is 25.1 Å². The summed E-state index contributed by atoms with van der Waals surface area (Å²) in [6.07, 6.45) is 0.261. The molecule has 1 unspecified atom stereocenters. The minimum Gasteiger partial charge on any atom is -0.355 e. The third kappa shape index (κ3) is 2.29. The molecule has 98 valence electrons. The first-order chi connectivity index (χ1) is 9.11. The van der Waals surface area contributed by atoms with E-state index in [-0.39, 0.29) is 24.2 Å². The van der Waals surface area contributed by atoms with Crippen LogP contribution >= 0.6 is 0 Å². The SMILES string of the molecule is Cc1nc2ccc(NC(=O)C3CNC(=O)C3)cc2[nH]1. The summed E-state index contributed by atoms with van der Waals surface area (Å²) in [5, 5.41) is 5.48. The molecule has 2 aromatic rings. The van der Waals surface area contributed by atoms with Gasteiger partial charge in [-0.3, -0.25) is 9.59 Å². The average Bonchev–Trinajstić information content (AvgIpc) is 2.93. The van der Waals surface area contributed by atoms with Crippen molar-refractivity contribution in [3.8, 4) is 0 Å². The summed E-state index contributed by atoms with van der Waals surface area (Å²) in [7, 11) is 0. The number of hydrogen-bond acceptors (Lipinski definition) is 3. The maximum absolute atomic E-state index is 12.0. The molecule has 1 aliphatic heterocycles. The second-order valence-electron chi connectivity index (χ2n) is 4.75. The number of aromatic nitrogens is 2.